The smallest absolute Gasteiger partial charge is 0.338 e. The van der Waals surface area contributed by atoms with Crippen LogP contribution in [0.1, 0.15) is 28.0 Å². The molecule has 0 bridgehead atoms. The van der Waals surface area contributed by atoms with Crippen molar-refractivity contribution in [3.05, 3.63) is 28.8 Å². The van der Waals surface area contributed by atoms with Gasteiger partial charge in [-0.1, -0.05) is 0 Å². The summed E-state index contributed by atoms with van der Waals surface area (Å²) in [7, 11) is 0. The molecule has 0 aromatic carbocycles. The Bertz CT molecular complexity index is 379. The summed E-state index contributed by atoms with van der Waals surface area (Å²) in [6, 6.07) is 0.432. The zero-order chi connectivity index (χ0) is 10.9. The van der Waals surface area contributed by atoms with E-state index in [0.29, 0.717) is 6.07 Å². The van der Waals surface area contributed by atoms with Crippen molar-refractivity contribution in [3.8, 4) is 0 Å². The molecule has 1 aromatic heterocycles. The maximum absolute atomic E-state index is 12.6. The molecule has 14 heavy (non-hydrogen) atoms. The fourth-order valence-electron chi connectivity index (χ4n) is 1.11. The fourth-order valence-corrected chi connectivity index (χ4v) is 1.11. The summed E-state index contributed by atoms with van der Waals surface area (Å²) < 4.78 is 37.2. The first-order valence-corrected chi connectivity index (χ1v) is 3.62. The molecule has 0 fully saturated rings. The second kappa shape index (κ2) is 3.65. The van der Waals surface area contributed by atoms with E-state index < -0.39 is 29.5 Å². The quantitative estimate of drug-likeness (QED) is 0.752. The van der Waals surface area contributed by atoms with E-state index in [9.17, 15) is 18.0 Å². The normalized spacial score (nSPS) is 10.6. The lowest BCUT2D eigenvalue weighted by Crippen LogP contribution is -2.08. The molecule has 0 unspecified atom stereocenters. The number of alkyl halides is 2. The van der Waals surface area contributed by atoms with Gasteiger partial charge in [0.05, 0.1) is 11.3 Å². The van der Waals surface area contributed by atoms with Gasteiger partial charge in [-0.2, -0.15) is 4.39 Å². The fraction of sp³-hybridized carbons (Fsp3) is 0.250. The van der Waals surface area contributed by atoms with Crippen LogP contribution in [0.4, 0.5) is 13.2 Å². The van der Waals surface area contributed by atoms with Crippen LogP contribution < -0.4 is 0 Å². The lowest BCUT2D eigenvalue weighted by atomic mass is 10.1. The third kappa shape index (κ3) is 1.84. The number of aromatic carboxylic acids is 1. The summed E-state index contributed by atoms with van der Waals surface area (Å²) in [4.78, 5) is 13.7. The lowest BCUT2D eigenvalue weighted by molar-refractivity contribution is 0.0682. The van der Waals surface area contributed by atoms with Gasteiger partial charge in [0, 0.05) is 11.6 Å². The second-order valence-corrected chi connectivity index (χ2v) is 2.60. The minimum Gasteiger partial charge on any atom is -0.478 e. The second-order valence-electron chi connectivity index (χ2n) is 2.60. The SMILES string of the molecule is Cc1nc(F)cc(C(F)F)c1C(=O)O. The Morgan fingerprint density at radius 3 is 2.57 bits per heavy atom. The van der Waals surface area contributed by atoms with Gasteiger partial charge in [0.25, 0.3) is 6.43 Å². The summed E-state index contributed by atoms with van der Waals surface area (Å²) in [5.74, 6) is -2.65. The minimum absolute atomic E-state index is 0.257. The van der Waals surface area contributed by atoms with E-state index in [1.165, 1.54) is 6.92 Å². The van der Waals surface area contributed by atoms with E-state index >= 15 is 0 Å². The van der Waals surface area contributed by atoms with Crippen LogP contribution in [0.5, 0.6) is 0 Å². The Kier molecular flexibility index (Phi) is 2.73. The number of aryl methyl sites for hydroxylation is 1. The number of nitrogens with zero attached hydrogens (tertiary/aromatic N) is 1. The number of aromatic nitrogens is 1. The first kappa shape index (κ1) is 10.5. The number of pyridine rings is 1. The molecule has 0 saturated carbocycles. The molecule has 1 rings (SSSR count). The molecule has 0 spiro atoms. The van der Waals surface area contributed by atoms with Crippen LogP contribution >= 0.6 is 0 Å². The maximum atomic E-state index is 12.6. The van der Waals surface area contributed by atoms with Crippen molar-refractivity contribution < 1.29 is 23.1 Å². The van der Waals surface area contributed by atoms with E-state index in [2.05, 4.69) is 4.98 Å². The molecule has 6 heteroatoms. The average Bonchev–Trinajstić information content (AvgIpc) is 2.01. The topological polar surface area (TPSA) is 50.2 Å². The predicted octanol–water partition coefficient (Wildman–Crippen LogP) is 2.16. The van der Waals surface area contributed by atoms with Crippen molar-refractivity contribution in [2.45, 2.75) is 13.3 Å². The van der Waals surface area contributed by atoms with Crippen molar-refractivity contribution in [2.75, 3.05) is 0 Å². The Morgan fingerprint density at radius 1 is 1.57 bits per heavy atom. The van der Waals surface area contributed by atoms with Crippen LogP contribution in [0, 0.1) is 12.9 Å². The standard InChI is InChI=1S/C8H6F3NO2/c1-3-6(8(13)14)4(7(10)11)2-5(9)12-3/h2,7H,1H3,(H,13,14). The monoisotopic (exact) mass is 205 g/mol. The highest BCUT2D eigenvalue weighted by Crippen LogP contribution is 2.24. The number of hydrogen-bond donors (Lipinski definition) is 1. The van der Waals surface area contributed by atoms with Crippen LogP contribution in [-0.2, 0) is 0 Å². The molecule has 76 valence electrons. The Labute approximate surface area is 77.2 Å². The number of rotatable bonds is 2. The Balaban J connectivity index is 3.44. The number of halogens is 3. The first-order chi connectivity index (χ1) is 6.43. The average molecular weight is 205 g/mol. The lowest BCUT2D eigenvalue weighted by Gasteiger charge is -2.07. The highest BCUT2D eigenvalue weighted by molar-refractivity contribution is 5.90. The summed E-state index contributed by atoms with van der Waals surface area (Å²) in [5, 5.41) is 8.59. The van der Waals surface area contributed by atoms with E-state index in [-0.39, 0.29) is 5.69 Å². The molecule has 3 nitrogen and oxygen atoms in total. The van der Waals surface area contributed by atoms with Gasteiger partial charge in [0.1, 0.15) is 0 Å². The maximum Gasteiger partial charge on any atom is 0.338 e. The summed E-state index contributed by atoms with van der Waals surface area (Å²) in [6.45, 7) is 1.17. The molecule has 0 aliphatic carbocycles. The molecule has 1 aromatic rings. The van der Waals surface area contributed by atoms with Gasteiger partial charge in [-0.25, -0.2) is 18.6 Å². The van der Waals surface area contributed by atoms with E-state index in [4.69, 9.17) is 5.11 Å². The highest BCUT2D eigenvalue weighted by atomic mass is 19.3. The summed E-state index contributed by atoms with van der Waals surface area (Å²) in [5.41, 5.74) is -1.74. The van der Waals surface area contributed by atoms with Crippen LogP contribution in [-0.4, -0.2) is 16.1 Å². The van der Waals surface area contributed by atoms with Gasteiger partial charge in [-0.15, -0.1) is 0 Å². The van der Waals surface area contributed by atoms with Crippen molar-refractivity contribution in [1.82, 2.24) is 4.98 Å². The third-order valence-electron chi connectivity index (χ3n) is 1.65. The zero-order valence-corrected chi connectivity index (χ0v) is 7.09. The van der Waals surface area contributed by atoms with Gasteiger partial charge < -0.3 is 5.11 Å². The van der Waals surface area contributed by atoms with Crippen LogP contribution in [0.3, 0.4) is 0 Å². The molecule has 0 atom stereocenters. The van der Waals surface area contributed by atoms with Crippen molar-refractivity contribution in [1.29, 1.82) is 0 Å². The number of carbonyl (C=O) groups is 1. The first-order valence-electron chi connectivity index (χ1n) is 3.62. The molecule has 1 heterocycles. The van der Waals surface area contributed by atoms with Gasteiger partial charge in [-0.05, 0) is 6.92 Å². The van der Waals surface area contributed by atoms with Gasteiger partial charge in [0.15, 0.2) is 0 Å². The van der Waals surface area contributed by atoms with E-state index in [1.807, 2.05) is 0 Å². The molecular formula is C8H6F3NO2. The molecule has 0 aliphatic heterocycles. The van der Waals surface area contributed by atoms with Gasteiger partial charge >= 0.3 is 5.97 Å². The number of carboxylic acid groups (broad SMARTS) is 1. The van der Waals surface area contributed by atoms with Crippen LogP contribution in [0.25, 0.3) is 0 Å². The van der Waals surface area contributed by atoms with Crippen molar-refractivity contribution in [2.24, 2.45) is 0 Å². The van der Waals surface area contributed by atoms with Gasteiger partial charge in [-0.3, -0.25) is 0 Å². The highest BCUT2D eigenvalue weighted by Gasteiger charge is 2.22. The molecular weight excluding hydrogens is 199 g/mol. The third-order valence-corrected chi connectivity index (χ3v) is 1.65. The predicted molar refractivity (Wildman–Crippen MR) is 40.8 cm³/mol. The molecule has 0 saturated heterocycles. The van der Waals surface area contributed by atoms with Crippen LogP contribution in [0.2, 0.25) is 0 Å². The molecule has 1 N–H and O–H groups in total. The number of carboxylic acids is 1. The molecule has 0 amide bonds. The Morgan fingerprint density at radius 2 is 2.14 bits per heavy atom. The van der Waals surface area contributed by atoms with Gasteiger partial charge in [0.2, 0.25) is 5.95 Å². The van der Waals surface area contributed by atoms with E-state index in [1.54, 1.807) is 0 Å². The summed E-state index contributed by atoms with van der Waals surface area (Å²) in [6.07, 6.45) is -3.03. The Hall–Kier alpha value is -1.59. The largest absolute Gasteiger partial charge is 0.478 e. The van der Waals surface area contributed by atoms with Crippen molar-refractivity contribution >= 4 is 5.97 Å². The molecule has 0 radical (unpaired) electrons. The number of hydrogen-bond acceptors (Lipinski definition) is 2. The van der Waals surface area contributed by atoms with Crippen LogP contribution in [0.15, 0.2) is 6.07 Å². The molecule has 0 aliphatic rings. The zero-order valence-electron chi connectivity index (χ0n) is 7.09. The minimum atomic E-state index is -3.03. The summed E-state index contributed by atoms with van der Waals surface area (Å²) >= 11 is 0. The van der Waals surface area contributed by atoms with E-state index in [0.717, 1.165) is 0 Å². The van der Waals surface area contributed by atoms with Crippen molar-refractivity contribution in [3.63, 3.8) is 0 Å².